The van der Waals surface area contributed by atoms with Crippen LogP contribution < -0.4 is 9.47 Å². The zero-order chi connectivity index (χ0) is 17.0. The van der Waals surface area contributed by atoms with E-state index in [4.69, 9.17) is 9.47 Å². The van der Waals surface area contributed by atoms with Crippen molar-refractivity contribution in [1.29, 1.82) is 0 Å². The van der Waals surface area contributed by atoms with E-state index in [2.05, 4.69) is 0 Å². The fourth-order valence-corrected chi connectivity index (χ4v) is 3.01. The Morgan fingerprint density at radius 2 is 1.96 bits per heavy atom. The number of carboxylic acid groups (broad SMARTS) is 1. The first-order valence-corrected chi connectivity index (χ1v) is 6.87. The Kier molecular flexibility index (Phi) is 2.77. The van der Waals surface area contributed by atoms with Crippen LogP contribution in [0.5, 0.6) is 17.2 Å². The SMILES string of the molecule is O=C(O)c1cc2c(c3c1c([N+](=O)[O-])cc1c(O)cccc13)OCO2. The van der Waals surface area contributed by atoms with E-state index in [-0.39, 0.29) is 45.8 Å². The highest BCUT2D eigenvalue weighted by atomic mass is 16.7. The van der Waals surface area contributed by atoms with Gasteiger partial charge in [0.05, 0.1) is 15.9 Å². The van der Waals surface area contributed by atoms with Crippen LogP contribution >= 0.6 is 0 Å². The second-order valence-corrected chi connectivity index (χ2v) is 5.24. The average molecular weight is 327 g/mol. The minimum absolute atomic E-state index is 0.0603. The standard InChI is InChI=1S/C16H9NO7/c18-11-3-1-2-7-8(11)4-10(17(21)22)13-9(16(19)20)5-12-15(14(7)13)24-6-23-12/h1-5,18H,6H2,(H,19,20). The first kappa shape index (κ1) is 14.1. The molecule has 1 aliphatic heterocycles. The number of aromatic carboxylic acids is 1. The van der Waals surface area contributed by atoms with Gasteiger partial charge in [-0.15, -0.1) is 0 Å². The smallest absolute Gasteiger partial charge is 0.336 e. The molecule has 0 amide bonds. The molecular weight excluding hydrogens is 318 g/mol. The molecule has 4 rings (SSSR count). The maximum Gasteiger partial charge on any atom is 0.336 e. The Hall–Kier alpha value is -3.55. The number of non-ortho nitro benzene ring substituents is 1. The van der Waals surface area contributed by atoms with Crippen molar-refractivity contribution in [2.24, 2.45) is 0 Å². The molecule has 0 aromatic heterocycles. The van der Waals surface area contributed by atoms with Gasteiger partial charge >= 0.3 is 5.97 Å². The van der Waals surface area contributed by atoms with Gasteiger partial charge in [-0.05, 0) is 17.5 Å². The van der Waals surface area contributed by atoms with Crippen LogP contribution in [0, 0.1) is 10.1 Å². The molecule has 0 bridgehead atoms. The fourth-order valence-electron chi connectivity index (χ4n) is 3.01. The van der Waals surface area contributed by atoms with Crippen molar-refractivity contribution in [3.05, 3.63) is 46.0 Å². The number of benzene rings is 3. The molecule has 24 heavy (non-hydrogen) atoms. The lowest BCUT2D eigenvalue weighted by atomic mass is 9.95. The van der Waals surface area contributed by atoms with Gasteiger partial charge in [0.2, 0.25) is 6.79 Å². The number of carbonyl (C=O) groups is 1. The molecule has 0 atom stereocenters. The van der Waals surface area contributed by atoms with Gasteiger partial charge in [-0.2, -0.15) is 0 Å². The second kappa shape index (κ2) is 4.72. The van der Waals surface area contributed by atoms with Crippen molar-refractivity contribution < 1.29 is 29.4 Å². The van der Waals surface area contributed by atoms with E-state index < -0.39 is 16.6 Å². The number of ether oxygens (including phenoxy) is 2. The van der Waals surface area contributed by atoms with E-state index in [1.165, 1.54) is 18.2 Å². The Morgan fingerprint density at radius 1 is 1.17 bits per heavy atom. The molecule has 3 aromatic rings. The highest BCUT2D eigenvalue weighted by Gasteiger charge is 2.30. The fraction of sp³-hybridized carbons (Fsp3) is 0.0625. The van der Waals surface area contributed by atoms with E-state index in [1.54, 1.807) is 12.1 Å². The van der Waals surface area contributed by atoms with Crippen molar-refractivity contribution >= 4 is 33.2 Å². The molecule has 0 fully saturated rings. The van der Waals surface area contributed by atoms with Crippen molar-refractivity contribution in [3.8, 4) is 17.2 Å². The topological polar surface area (TPSA) is 119 Å². The molecule has 2 N–H and O–H groups in total. The number of nitro groups is 1. The van der Waals surface area contributed by atoms with Crippen LogP contribution in [0.4, 0.5) is 5.69 Å². The monoisotopic (exact) mass is 327 g/mol. The normalized spacial score (nSPS) is 12.7. The molecule has 0 unspecified atom stereocenters. The van der Waals surface area contributed by atoms with Crippen LogP contribution in [0.15, 0.2) is 30.3 Å². The van der Waals surface area contributed by atoms with Gasteiger partial charge in [0.15, 0.2) is 11.5 Å². The van der Waals surface area contributed by atoms with Crippen LogP contribution in [-0.2, 0) is 0 Å². The number of hydrogen-bond donors (Lipinski definition) is 2. The predicted octanol–water partition coefficient (Wildman–Crippen LogP) is 3.03. The van der Waals surface area contributed by atoms with Crippen LogP contribution in [0.2, 0.25) is 0 Å². The lowest BCUT2D eigenvalue weighted by molar-refractivity contribution is -0.383. The molecule has 0 saturated heterocycles. The highest BCUT2D eigenvalue weighted by molar-refractivity contribution is 6.21. The Balaban J connectivity index is 2.36. The number of phenols is 1. The van der Waals surface area contributed by atoms with E-state index in [1.807, 2.05) is 0 Å². The van der Waals surface area contributed by atoms with Crippen LogP contribution in [0.3, 0.4) is 0 Å². The van der Waals surface area contributed by atoms with Crippen LogP contribution in [0.1, 0.15) is 10.4 Å². The molecule has 0 radical (unpaired) electrons. The Bertz CT molecular complexity index is 1060. The van der Waals surface area contributed by atoms with E-state index >= 15 is 0 Å². The minimum Gasteiger partial charge on any atom is -0.507 e. The Morgan fingerprint density at radius 3 is 2.67 bits per heavy atom. The largest absolute Gasteiger partial charge is 0.507 e. The number of nitro benzene ring substituents is 1. The molecule has 0 spiro atoms. The quantitative estimate of drug-likeness (QED) is 0.422. The highest BCUT2D eigenvalue weighted by Crippen LogP contribution is 2.48. The van der Waals surface area contributed by atoms with Gasteiger partial charge in [-0.3, -0.25) is 10.1 Å². The minimum atomic E-state index is -1.32. The number of nitrogens with zero attached hydrogens (tertiary/aromatic N) is 1. The summed E-state index contributed by atoms with van der Waals surface area (Å²) < 4.78 is 10.7. The zero-order valence-electron chi connectivity index (χ0n) is 12.0. The third-order valence-corrected chi connectivity index (χ3v) is 3.98. The second-order valence-electron chi connectivity index (χ2n) is 5.24. The van der Waals surface area contributed by atoms with Gasteiger partial charge in [0.25, 0.3) is 5.69 Å². The third-order valence-electron chi connectivity index (χ3n) is 3.98. The van der Waals surface area contributed by atoms with Crippen LogP contribution in [-0.4, -0.2) is 27.9 Å². The molecule has 120 valence electrons. The zero-order valence-corrected chi connectivity index (χ0v) is 12.0. The maximum atomic E-state index is 11.6. The lowest BCUT2D eigenvalue weighted by Crippen LogP contribution is -2.01. The molecule has 8 nitrogen and oxygen atoms in total. The lowest BCUT2D eigenvalue weighted by Gasteiger charge is -2.11. The van der Waals surface area contributed by atoms with Gasteiger partial charge in [0.1, 0.15) is 5.75 Å². The number of rotatable bonds is 2. The number of aromatic hydroxyl groups is 1. The van der Waals surface area contributed by atoms with Gasteiger partial charge in [-0.1, -0.05) is 12.1 Å². The average Bonchev–Trinajstić information content (AvgIpc) is 3.01. The summed E-state index contributed by atoms with van der Waals surface area (Å²) in [4.78, 5) is 22.5. The summed E-state index contributed by atoms with van der Waals surface area (Å²) in [6, 6.07) is 6.99. The number of fused-ring (bicyclic) bond motifs is 5. The van der Waals surface area contributed by atoms with Crippen LogP contribution in [0.25, 0.3) is 21.5 Å². The summed E-state index contributed by atoms with van der Waals surface area (Å²) in [5.74, 6) is -1.04. The molecule has 0 aliphatic carbocycles. The summed E-state index contributed by atoms with van der Waals surface area (Å²) >= 11 is 0. The Labute approximate surface area is 133 Å². The summed E-state index contributed by atoms with van der Waals surface area (Å²) in [5, 5.41) is 31.9. The maximum absolute atomic E-state index is 11.6. The first-order chi connectivity index (χ1) is 11.5. The van der Waals surface area contributed by atoms with Crippen molar-refractivity contribution in [2.45, 2.75) is 0 Å². The van der Waals surface area contributed by atoms with E-state index in [9.17, 15) is 25.1 Å². The van der Waals surface area contributed by atoms with Crippen molar-refractivity contribution in [3.63, 3.8) is 0 Å². The van der Waals surface area contributed by atoms with E-state index in [0.717, 1.165) is 0 Å². The van der Waals surface area contributed by atoms with Crippen molar-refractivity contribution in [1.82, 2.24) is 0 Å². The summed E-state index contributed by atoms with van der Waals surface area (Å²) in [6.45, 7) is -0.115. The molecular formula is C16H9NO7. The molecule has 0 saturated carbocycles. The number of carboxylic acids is 1. The number of phenolic OH excluding ortho intramolecular Hbond substituents is 1. The first-order valence-electron chi connectivity index (χ1n) is 6.87. The van der Waals surface area contributed by atoms with E-state index in [0.29, 0.717) is 5.39 Å². The third kappa shape index (κ3) is 1.76. The van der Waals surface area contributed by atoms with Crippen molar-refractivity contribution in [2.75, 3.05) is 6.79 Å². The molecule has 3 aromatic carbocycles. The summed E-state index contributed by atoms with van der Waals surface area (Å²) in [6.07, 6.45) is 0. The molecule has 8 heteroatoms. The number of hydrogen-bond acceptors (Lipinski definition) is 6. The van der Waals surface area contributed by atoms with Gasteiger partial charge < -0.3 is 19.7 Å². The predicted molar refractivity (Wildman–Crippen MR) is 82.9 cm³/mol. The van der Waals surface area contributed by atoms with Gasteiger partial charge in [0, 0.05) is 16.8 Å². The molecule has 1 heterocycles. The summed E-state index contributed by atoms with van der Waals surface area (Å²) in [7, 11) is 0. The molecule has 1 aliphatic rings. The van der Waals surface area contributed by atoms with Gasteiger partial charge in [-0.25, -0.2) is 4.79 Å². The summed E-state index contributed by atoms with van der Waals surface area (Å²) in [5.41, 5.74) is -0.680.